The fourth-order valence-corrected chi connectivity index (χ4v) is 3.63. The van der Waals surface area contributed by atoms with Gasteiger partial charge in [0, 0.05) is 23.7 Å². The maximum atomic E-state index is 6.05. The summed E-state index contributed by atoms with van der Waals surface area (Å²) in [5.41, 5.74) is 7.40. The zero-order chi connectivity index (χ0) is 14.7. The van der Waals surface area contributed by atoms with Gasteiger partial charge in [0.1, 0.15) is 11.5 Å². The van der Waals surface area contributed by atoms with Crippen molar-refractivity contribution in [2.24, 2.45) is 5.73 Å². The third-order valence-electron chi connectivity index (χ3n) is 4.72. The Labute approximate surface area is 123 Å². The lowest BCUT2D eigenvalue weighted by Gasteiger charge is -2.39. The molecule has 0 radical (unpaired) electrons. The van der Waals surface area contributed by atoms with E-state index < -0.39 is 0 Å². The average Bonchev–Trinajstić information content (AvgIpc) is 2.75. The van der Waals surface area contributed by atoms with Crippen LogP contribution in [-0.2, 0) is 0 Å². The number of rotatable bonds is 5. The van der Waals surface area contributed by atoms with Crippen LogP contribution in [0, 0.1) is 13.8 Å². The quantitative estimate of drug-likeness (QED) is 0.887. The van der Waals surface area contributed by atoms with Crippen molar-refractivity contribution in [3.63, 3.8) is 0 Å². The zero-order valence-electron chi connectivity index (χ0n) is 13.5. The van der Waals surface area contributed by atoms with Crippen molar-refractivity contribution in [2.45, 2.75) is 77.9 Å². The summed E-state index contributed by atoms with van der Waals surface area (Å²) in [7, 11) is 0. The van der Waals surface area contributed by atoms with Gasteiger partial charge < -0.3 is 10.2 Å². The standard InChI is InChI=1S/C17H30N2O/c1-5-10-19(16-8-6-15(18)7-9-16)13(3)17-11-12(2)20-14(17)4/h11,13,15-16H,5-10,18H2,1-4H3. The van der Waals surface area contributed by atoms with Gasteiger partial charge in [-0.1, -0.05) is 6.92 Å². The van der Waals surface area contributed by atoms with Crippen LogP contribution in [0.2, 0.25) is 0 Å². The Balaban J connectivity index is 2.13. The minimum atomic E-state index is 0.419. The molecule has 0 aliphatic heterocycles. The van der Waals surface area contributed by atoms with Gasteiger partial charge in [-0.3, -0.25) is 4.90 Å². The lowest BCUT2D eigenvalue weighted by molar-refractivity contribution is 0.107. The van der Waals surface area contributed by atoms with E-state index >= 15 is 0 Å². The van der Waals surface area contributed by atoms with Crippen LogP contribution in [-0.4, -0.2) is 23.5 Å². The Morgan fingerprint density at radius 2 is 1.95 bits per heavy atom. The van der Waals surface area contributed by atoms with Crippen LogP contribution in [0.3, 0.4) is 0 Å². The van der Waals surface area contributed by atoms with Gasteiger partial charge in [-0.05, 0) is 65.5 Å². The van der Waals surface area contributed by atoms with Crippen molar-refractivity contribution < 1.29 is 4.42 Å². The van der Waals surface area contributed by atoms with Crippen molar-refractivity contribution in [3.05, 3.63) is 23.2 Å². The molecular formula is C17H30N2O. The second-order valence-corrected chi connectivity index (χ2v) is 6.35. The third kappa shape index (κ3) is 3.44. The normalized spacial score (nSPS) is 25.1. The second-order valence-electron chi connectivity index (χ2n) is 6.35. The number of hydrogen-bond acceptors (Lipinski definition) is 3. The van der Waals surface area contributed by atoms with Crippen LogP contribution in [0.1, 0.15) is 69.1 Å². The van der Waals surface area contributed by atoms with Gasteiger partial charge in [0.2, 0.25) is 0 Å². The van der Waals surface area contributed by atoms with E-state index in [2.05, 4.69) is 31.7 Å². The van der Waals surface area contributed by atoms with E-state index in [9.17, 15) is 0 Å². The van der Waals surface area contributed by atoms with Gasteiger partial charge in [0.25, 0.3) is 0 Å². The molecule has 1 heterocycles. The lowest BCUT2D eigenvalue weighted by atomic mass is 9.89. The Bertz CT molecular complexity index is 419. The molecule has 1 aliphatic carbocycles. The summed E-state index contributed by atoms with van der Waals surface area (Å²) in [6, 6.07) is 3.74. The molecule has 1 aromatic rings. The molecule has 0 saturated heterocycles. The van der Waals surface area contributed by atoms with E-state index in [0.717, 1.165) is 18.1 Å². The first-order chi connectivity index (χ1) is 9.52. The maximum absolute atomic E-state index is 6.05. The summed E-state index contributed by atoms with van der Waals surface area (Å²) in [5, 5.41) is 0. The highest BCUT2D eigenvalue weighted by molar-refractivity contribution is 5.23. The number of furan rings is 1. The molecule has 1 atom stereocenters. The van der Waals surface area contributed by atoms with Crippen LogP contribution in [0.4, 0.5) is 0 Å². The number of hydrogen-bond donors (Lipinski definition) is 1. The molecule has 1 fully saturated rings. The first-order valence-electron chi connectivity index (χ1n) is 8.11. The lowest BCUT2D eigenvalue weighted by Crippen LogP contribution is -2.42. The highest BCUT2D eigenvalue weighted by Gasteiger charge is 2.29. The molecule has 2 N–H and O–H groups in total. The van der Waals surface area contributed by atoms with Crippen molar-refractivity contribution >= 4 is 0 Å². The third-order valence-corrected chi connectivity index (χ3v) is 4.72. The van der Waals surface area contributed by atoms with Crippen LogP contribution in [0.5, 0.6) is 0 Å². The summed E-state index contributed by atoms with van der Waals surface area (Å²) in [6.45, 7) is 9.86. The fourth-order valence-electron chi connectivity index (χ4n) is 3.63. The molecule has 1 aromatic heterocycles. The van der Waals surface area contributed by atoms with Crippen LogP contribution in [0.25, 0.3) is 0 Å². The molecule has 3 nitrogen and oxygen atoms in total. The Kier molecular flexibility index (Phi) is 5.28. The monoisotopic (exact) mass is 278 g/mol. The molecule has 0 amide bonds. The summed E-state index contributed by atoms with van der Waals surface area (Å²) < 4.78 is 5.72. The molecule has 3 heteroatoms. The van der Waals surface area contributed by atoms with Gasteiger partial charge in [0.05, 0.1) is 0 Å². The van der Waals surface area contributed by atoms with Crippen LogP contribution < -0.4 is 5.73 Å². The Hall–Kier alpha value is -0.800. The number of aryl methyl sites for hydroxylation is 2. The molecule has 2 rings (SSSR count). The van der Waals surface area contributed by atoms with E-state index in [0.29, 0.717) is 18.1 Å². The summed E-state index contributed by atoms with van der Waals surface area (Å²) in [6.07, 6.45) is 6.01. The maximum Gasteiger partial charge on any atom is 0.105 e. The van der Waals surface area contributed by atoms with Crippen LogP contribution >= 0.6 is 0 Å². The molecule has 114 valence electrons. The second kappa shape index (κ2) is 6.77. The van der Waals surface area contributed by atoms with Crippen molar-refractivity contribution in [1.29, 1.82) is 0 Å². The predicted octanol–water partition coefficient (Wildman–Crippen LogP) is 3.94. The van der Waals surface area contributed by atoms with E-state index in [1.54, 1.807) is 0 Å². The number of nitrogens with two attached hydrogens (primary N) is 1. The molecule has 0 aromatic carbocycles. The minimum Gasteiger partial charge on any atom is -0.466 e. The van der Waals surface area contributed by atoms with Gasteiger partial charge in [-0.25, -0.2) is 0 Å². The molecule has 20 heavy (non-hydrogen) atoms. The van der Waals surface area contributed by atoms with E-state index in [1.807, 2.05) is 6.92 Å². The molecular weight excluding hydrogens is 248 g/mol. The number of nitrogens with zero attached hydrogens (tertiary/aromatic N) is 1. The fraction of sp³-hybridized carbons (Fsp3) is 0.765. The summed E-state index contributed by atoms with van der Waals surface area (Å²) >= 11 is 0. The Morgan fingerprint density at radius 3 is 2.45 bits per heavy atom. The molecule has 1 unspecified atom stereocenters. The SMILES string of the molecule is CCCN(C1CCC(N)CC1)C(C)c1cc(C)oc1C. The summed E-state index contributed by atoms with van der Waals surface area (Å²) in [5.74, 6) is 2.09. The smallest absolute Gasteiger partial charge is 0.105 e. The van der Waals surface area contributed by atoms with Crippen molar-refractivity contribution in [2.75, 3.05) is 6.54 Å². The summed E-state index contributed by atoms with van der Waals surface area (Å²) in [4.78, 5) is 2.67. The predicted molar refractivity (Wildman–Crippen MR) is 83.8 cm³/mol. The first kappa shape index (κ1) is 15.6. The first-order valence-corrected chi connectivity index (χ1v) is 8.11. The van der Waals surface area contributed by atoms with Gasteiger partial charge in [-0.15, -0.1) is 0 Å². The average molecular weight is 278 g/mol. The van der Waals surface area contributed by atoms with E-state index in [-0.39, 0.29) is 0 Å². The van der Waals surface area contributed by atoms with Gasteiger partial charge in [-0.2, -0.15) is 0 Å². The molecule has 1 aliphatic rings. The molecule has 0 spiro atoms. The Morgan fingerprint density at radius 1 is 1.30 bits per heavy atom. The minimum absolute atomic E-state index is 0.419. The zero-order valence-corrected chi connectivity index (χ0v) is 13.5. The topological polar surface area (TPSA) is 42.4 Å². The molecule has 1 saturated carbocycles. The molecule has 0 bridgehead atoms. The highest BCUT2D eigenvalue weighted by atomic mass is 16.3. The van der Waals surface area contributed by atoms with E-state index in [4.69, 9.17) is 10.2 Å². The van der Waals surface area contributed by atoms with Crippen LogP contribution in [0.15, 0.2) is 10.5 Å². The van der Waals surface area contributed by atoms with Crippen molar-refractivity contribution in [1.82, 2.24) is 4.90 Å². The van der Waals surface area contributed by atoms with Gasteiger partial charge >= 0.3 is 0 Å². The largest absolute Gasteiger partial charge is 0.466 e. The van der Waals surface area contributed by atoms with Gasteiger partial charge in [0.15, 0.2) is 0 Å². The van der Waals surface area contributed by atoms with Crippen molar-refractivity contribution in [3.8, 4) is 0 Å². The van der Waals surface area contributed by atoms with E-state index in [1.165, 1.54) is 37.7 Å². The highest BCUT2D eigenvalue weighted by Crippen LogP contribution is 2.32.